The highest BCUT2D eigenvalue weighted by Gasteiger charge is 2.03. The molecule has 0 N–H and O–H groups in total. The average Bonchev–Trinajstić information content (AvgIpc) is 2.26. The van der Waals surface area contributed by atoms with Crippen LogP contribution in [0.2, 0.25) is 0 Å². The molecule has 0 amide bonds. The van der Waals surface area contributed by atoms with Crippen LogP contribution in [0.3, 0.4) is 0 Å². The van der Waals surface area contributed by atoms with Gasteiger partial charge in [0.25, 0.3) is 0 Å². The molecule has 94 valence electrons. The van der Waals surface area contributed by atoms with Gasteiger partial charge in [-0.2, -0.15) is 0 Å². The van der Waals surface area contributed by atoms with Crippen LogP contribution in [0, 0.1) is 0 Å². The van der Waals surface area contributed by atoms with Crippen molar-refractivity contribution >= 4 is 5.78 Å². The van der Waals surface area contributed by atoms with Crippen molar-refractivity contribution in [1.82, 2.24) is 0 Å². The topological polar surface area (TPSA) is 26.3 Å². The quantitative estimate of drug-likeness (QED) is 0.717. The largest absolute Gasteiger partial charge is 0.491 e. The second-order valence-electron chi connectivity index (χ2n) is 4.60. The second kappa shape index (κ2) is 7.10. The molecule has 0 saturated carbocycles. The number of Topliss-reactive ketones (excluding diaryl/α,β-unsaturated/α-hetero) is 1. The number of ketones is 1. The van der Waals surface area contributed by atoms with Crippen LogP contribution in [-0.2, 0) is 11.2 Å². The minimum absolute atomic E-state index is 0.187. The van der Waals surface area contributed by atoms with Gasteiger partial charge in [-0.05, 0) is 44.4 Å². The van der Waals surface area contributed by atoms with E-state index in [0.717, 1.165) is 18.6 Å². The van der Waals surface area contributed by atoms with Gasteiger partial charge in [0.15, 0.2) is 0 Å². The molecular weight excluding hydrogens is 212 g/mol. The molecule has 1 aromatic rings. The zero-order chi connectivity index (χ0) is 12.7. The summed E-state index contributed by atoms with van der Waals surface area (Å²) < 4.78 is 5.62. The number of aryl methyl sites for hydroxylation is 1. The van der Waals surface area contributed by atoms with Gasteiger partial charge in [0.05, 0.1) is 6.10 Å². The summed E-state index contributed by atoms with van der Waals surface area (Å²) in [5.74, 6) is 1.24. The van der Waals surface area contributed by atoms with E-state index in [9.17, 15) is 4.79 Å². The number of ether oxygens (including phenoxy) is 1. The van der Waals surface area contributed by atoms with Crippen LogP contribution in [0.15, 0.2) is 24.3 Å². The molecule has 2 heteroatoms. The van der Waals surface area contributed by atoms with Gasteiger partial charge in [-0.15, -0.1) is 0 Å². The third kappa shape index (κ3) is 5.53. The normalized spacial score (nSPS) is 10.6. The molecule has 17 heavy (non-hydrogen) atoms. The highest BCUT2D eigenvalue weighted by molar-refractivity contribution is 5.78. The van der Waals surface area contributed by atoms with Crippen LogP contribution >= 0.6 is 0 Å². The van der Waals surface area contributed by atoms with Gasteiger partial charge in [-0.3, -0.25) is 4.79 Å². The maximum absolute atomic E-state index is 11.4. The van der Waals surface area contributed by atoms with Gasteiger partial charge in [0.2, 0.25) is 0 Å². The van der Waals surface area contributed by atoms with Crippen molar-refractivity contribution in [3.63, 3.8) is 0 Å². The molecule has 0 aromatic heterocycles. The van der Waals surface area contributed by atoms with E-state index in [1.54, 1.807) is 0 Å². The molecule has 0 radical (unpaired) electrons. The minimum Gasteiger partial charge on any atom is -0.491 e. The molecule has 0 spiro atoms. The van der Waals surface area contributed by atoms with E-state index in [1.165, 1.54) is 5.56 Å². The summed E-state index contributed by atoms with van der Waals surface area (Å²) in [6.45, 7) is 6.06. The predicted molar refractivity (Wildman–Crippen MR) is 70.4 cm³/mol. The fourth-order valence-electron chi connectivity index (χ4n) is 1.73. The number of carbonyl (C=O) groups excluding carboxylic acids is 1. The van der Waals surface area contributed by atoms with E-state index in [2.05, 4.69) is 0 Å². The first-order chi connectivity index (χ1) is 8.11. The summed E-state index contributed by atoms with van der Waals surface area (Å²) >= 11 is 0. The van der Waals surface area contributed by atoms with Crippen molar-refractivity contribution in [3.8, 4) is 5.75 Å². The standard InChI is InChI=1S/C15H22O2/c1-4-6-14(16)10-9-13-7-5-8-15(11-13)17-12(2)3/h5,7-8,11-12H,4,6,9-10H2,1-3H3. The molecule has 0 heterocycles. The molecule has 0 aliphatic rings. The SMILES string of the molecule is CCCC(=O)CCc1cccc(OC(C)C)c1. The second-order valence-corrected chi connectivity index (χ2v) is 4.60. The van der Waals surface area contributed by atoms with Crippen molar-refractivity contribution in [2.45, 2.75) is 52.6 Å². The van der Waals surface area contributed by atoms with E-state index in [4.69, 9.17) is 4.74 Å². The first-order valence-corrected chi connectivity index (χ1v) is 6.39. The van der Waals surface area contributed by atoms with Crippen LogP contribution in [0.1, 0.15) is 45.6 Å². The van der Waals surface area contributed by atoms with E-state index >= 15 is 0 Å². The highest BCUT2D eigenvalue weighted by Crippen LogP contribution is 2.16. The lowest BCUT2D eigenvalue weighted by atomic mass is 10.1. The first kappa shape index (κ1) is 13.8. The molecule has 1 rings (SSSR count). The Balaban J connectivity index is 2.51. The number of hydrogen-bond donors (Lipinski definition) is 0. The Bertz CT molecular complexity index is 356. The number of hydrogen-bond acceptors (Lipinski definition) is 2. The average molecular weight is 234 g/mol. The third-order valence-electron chi connectivity index (χ3n) is 2.49. The van der Waals surface area contributed by atoms with Crippen molar-refractivity contribution in [2.75, 3.05) is 0 Å². The summed E-state index contributed by atoms with van der Waals surface area (Å²) in [5.41, 5.74) is 1.17. The summed E-state index contributed by atoms with van der Waals surface area (Å²) in [4.78, 5) is 11.4. The van der Waals surface area contributed by atoms with Crippen LogP contribution in [0.25, 0.3) is 0 Å². The number of rotatable bonds is 7. The Hall–Kier alpha value is -1.31. The zero-order valence-electron chi connectivity index (χ0n) is 11.0. The Kier molecular flexibility index (Phi) is 5.75. The minimum atomic E-state index is 0.187. The Labute approximate surface area is 104 Å². The number of benzene rings is 1. The third-order valence-corrected chi connectivity index (χ3v) is 2.49. The highest BCUT2D eigenvalue weighted by atomic mass is 16.5. The van der Waals surface area contributed by atoms with Gasteiger partial charge in [0, 0.05) is 12.8 Å². The zero-order valence-corrected chi connectivity index (χ0v) is 11.0. The van der Waals surface area contributed by atoms with Gasteiger partial charge < -0.3 is 4.74 Å². The summed E-state index contributed by atoms with van der Waals surface area (Å²) in [6.07, 6.45) is 3.27. The molecule has 2 nitrogen and oxygen atoms in total. The van der Waals surface area contributed by atoms with Crippen LogP contribution in [0.5, 0.6) is 5.75 Å². The molecule has 0 aliphatic heterocycles. The van der Waals surface area contributed by atoms with E-state index < -0.39 is 0 Å². The summed E-state index contributed by atoms with van der Waals surface area (Å²) in [6, 6.07) is 8.01. The fraction of sp³-hybridized carbons (Fsp3) is 0.533. The molecule has 0 atom stereocenters. The molecule has 0 bridgehead atoms. The lowest BCUT2D eigenvalue weighted by molar-refractivity contribution is -0.119. The Morgan fingerprint density at radius 1 is 1.29 bits per heavy atom. The first-order valence-electron chi connectivity index (χ1n) is 6.39. The lowest BCUT2D eigenvalue weighted by Crippen LogP contribution is -2.06. The van der Waals surface area contributed by atoms with Crippen LogP contribution < -0.4 is 4.74 Å². The smallest absolute Gasteiger partial charge is 0.133 e. The van der Waals surface area contributed by atoms with Crippen molar-refractivity contribution in [1.29, 1.82) is 0 Å². The monoisotopic (exact) mass is 234 g/mol. The predicted octanol–water partition coefficient (Wildman–Crippen LogP) is 3.78. The summed E-state index contributed by atoms with van der Waals surface area (Å²) in [7, 11) is 0. The summed E-state index contributed by atoms with van der Waals surface area (Å²) in [5, 5.41) is 0. The van der Waals surface area contributed by atoms with Crippen molar-refractivity contribution in [2.24, 2.45) is 0 Å². The molecule has 0 aliphatic carbocycles. The van der Waals surface area contributed by atoms with E-state index in [-0.39, 0.29) is 6.10 Å². The molecule has 1 aromatic carbocycles. The van der Waals surface area contributed by atoms with E-state index in [0.29, 0.717) is 18.6 Å². The molecule has 0 fully saturated rings. The van der Waals surface area contributed by atoms with Gasteiger partial charge in [-0.1, -0.05) is 19.1 Å². The fourth-order valence-corrected chi connectivity index (χ4v) is 1.73. The van der Waals surface area contributed by atoms with Crippen molar-refractivity contribution < 1.29 is 9.53 Å². The van der Waals surface area contributed by atoms with Gasteiger partial charge in [-0.25, -0.2) is 0 Å². The lowest BCUT2D eigenvalue weighted by Gasteiger charge is -2.10. The van der Waals surface area contributed by atoms with E-state index in [1.807, 2.05) is 45.0 Å². The number of carbonyl (C=O) groups is 1. The van der Waals surface area contributed by atoms with Crippen LogP contribution in [0.4, 0.5) is 0 Å². The van der Waals surface area contributed by atoms with Crippen molar-refractivity contribution in [3.05, 3.63) is 29.8 Å². The maximum atomic E-state index is 11.4. The Morgan fingerprint density at radius 3 is 2.71 bits per heavy atom. The molecular formula is C15H22O2. The van der Waals surface area contributed by atoms with Crippen LogP contribution in [-0.4, -0.2) is 11.9 Å². The maximum Gasteiger partial charge on any atom is 0.133 e. The Morgan fingerprint density at radius 2 is 2.06 bits per heavy atom. The van der Waals surface area contributed by atoms with Gasteiger partial charge in [0.1, 0.15) is 11.5 Å². The molecule has 0 saturated heterocycles. The molecule has 0 unspecified atom stereocenters. The van der Waals surface area contributed by atoms with Gasteiger partial charge >= 0.3 is 0 Å².